The summed E-state index contributed by atoms with van der Waals surface area (Å²) in [6.45, 7) is 3.32. The Morgan fingerprint density at radius 1 is 1.37 bits per heavy atom. The number of rotatable bonds is 6. The monoisotopic (exact) mass is 262 g/mol. The van der Waals surface area contributed by atoms with Crippen LogP contribution in [0, 0.1) is 5.41 Å². The minimum atomic E-state index is -0.0755. The van der Waals surface area contributed by atoms with Crippen LogP contribution < -0.4 is 5.73 Å². The van der Waals surface area contributed by atoms with Crippen molar-refractivity contribution in [1.82, 2.24) is 4.90 Å². The summed E-state index contributed by atoms with van der Waals surface area (Å²) in [6, 6.07) is 10.1. The van der Waals surface area contributed by atoms with Crippen LogP contribution in [0.5, 0.6) is 0 Å². The fourth-order valence-electron chi connectivity index (χ4n) is 2.64. The third-order valence-corrected chi connectivity index (χ3v) is 3.79. The van der Waals surface area contributed by atoms with Crippen LogP contribution in [0.4, 0.5) is 0 Å². The topological polar surface area (TPSA) is 55.6 Å². The van der Waals surface area contributed by atoms with Crippen LogP contribution >= 0.6 is 0 Å². The lowest BCUT2D eigenvalue weighted by Crippen LogP contribution is -2.49. The van der Waals surface area contributed by atoms with Crippen LogP contribution in [0.3, 0.4) is 0 Å². The lowest BCUT2D eigenvalue weighted by molar-refractivity contribution is -0.122. The van der Waals surface area contributed by atoms with Crippen LogP contribution in [0.25, 0.3) is 0 Å². The Morgan fingerprint density at radius 2 is 2.16 bits per heavy atom. The summed E-state index contributed by atoms with van der Waals surface area (Å²) in [7, 11) is 0. The summed E-state index contributed by atoms with van der Waals surface area (Å²) in [6.07, 6.45) is 2.95. The van der Waals surface area contributed by atoms with Gasteiger partial charge in [0.05, 0.1) is 13.2 Å². The van der Waals surface area contributed by atoms with Gasteiger partial charge < -0.3 is 15.4 Å². The molecule has 1 saturated heterocycles. The Bertz CT molecular complexity index is 396. The van der Waals surface area contributed by atoms with Crippen molar-refractivity contribution in [3.8, 4) is 0 Å². The molecule has 1 aromatic carbocycles. The summed E-state index contributed by atoms with van der Waals surface area (Å²) in [5, 5.41) is 0. The molecule has 2 N–H and O–H groups in total. The summed E-state index contributed by atoms with van der Waals surface area (Å²) >= 11 is 0. The van der Waals surface area contributed by atoms with Gasteiger partial charge in [-0.05, 0) is 18.4 Å². The number of hydrogen-bond donors (Lipinski definition) is 1. The second-order valence-corrected chi connectivity index (χ2v) is 5.36. The largest absolute Gasteiger partial charge is 0.376 e. The van der Waals surface area contributed by atoms with E-state index in [1.54, 1.807) is 0 Å². The number of piperidine rings is 1. The molecule has 4 heteroatoms. The first-order chi connectivity index (χ1) is 9.28. The molecular weight excluding hydrogens is 240 g/mol. The maximum absolute atomic E-state index is 10.9. The third-order valence-electron chi connectivity index (χ3n) is 3.79. The van der Waals surface area contributed by atoms with Crippen LogP contribution in [0.2, 0.25) is 0 Å². The summed E-state index contributed by atoms with van der Waals surface area (Å²) in [4.78, 5) is 12.7. The van der Waals surface area contributed by atoms with E-state index in [-0.39, 0.29) is 5.41 Å². The number of amides is 1. The maximum atomic E-state index is 10.9. The molecule has 1 unspecified atom stereocenters. The van der Waals surface area contributed by atoms with E-state index in [9.17, 15) is 4.79 Å². The van der Waals surface area contributed by atoms with Crippen LogP contribution in [-0.2, 0) is 16.1 Å². The molecule has 0 saturated carbocycles. The zero-order chi connectivity index (χ0) is 13.6. The second-order valence-electron chi connectivity index (χ2n) is 5.36. The van der Waals surface area contributed by atoms with Gasteiger partial charge in [-0.3, -0.25) is 4.79 Å². The van der Waals surface area contributed by atoms with Gasteiger partial charge in [-0.1, -0.05) is 30.3 Å². The van der Waals surface area contributed by atoms with E-state index in [0.29, 0.717) is 26.3 Å². The number of carbonyl (C=O) groups is 1. The van der Waals surface area contributed by atoms with Gasteiger partial charge in [-0.25, -0.2) is 0 Å². The van der Waals surface area contributed by atoms with Crippen molar-refractivity contribution in [2.75, 3.05) is 26.2 Å². The average Bonchev–Trinajstić information content (AvgIpc) is 2.48. The van der Waals surface area contributed by atoms with Gasteiger partial charge in [0.1, 0.15) is 0 Å². The lowest BCUT2D eigenvalue weighted by atomic mass is 9.81. The second kappa shape index (κ2) is 6.68. The first-order valence-electron chi connectivity index (χ1n) is 6.79. The maximum Gasteiger partial charge on any atom is 0.209 e. The highest BCUT2D eigenvalue weighted by Crippen LogP contribution is 2.29. The summed E-state index contributed by atoms with van der Waals surface area (Å²) in [5.41, 5.74) is 7.00. The van der Waals surface area contributed by atoms with Gasteiger partial charge in [-0.15, -0.1) is 0 Å². The minimum absolute atomic E-state index is 0.0755. The van der Waals surface area contributed by atoms with Gasteiger partial charge in [0, 0.05) is 25.0 Å². The predicted octanol–water partition coefficient (Wildman–Crippen LogP) is 1.40. The quantitative estimate of drug-likeness (QED) is 0.788. The first-order valence-corrected chi connectivity index (χ1v) is 6.79. The first kappa shape index (κ1) is 14.0. The Kier molecular flexibility index (Phi) is 4.93. The fraction of sp³-hybridized carbons (Fsp3) is 0.533. The molecule has 4 nitrogen and oxygen atoms in total. The van der Waals surface area contributed by atoms with E-state index < -0.39 is 0 Å². The molecule has 1 aromatic rings. The molecule has 104 valence electrons. The SMILES string of the molecule is NCC1(COCc2ccccc2)CCCN(C=O)C1. The van der Waals surface area contributed by atoms with Crippen molar-refractivity contribution in [2.24, 2.45) is 11.1 Å². The van der Waals surface area contributed by atoms with E-state index in [2.05, 4.69) is 0 Å². The van der Waals surface area contributed by atoms with Crippen LogP contribution in [-0.4, -0.2) is 37.6 Å². The van der Waals surface area contributed by atoms with Crippen molar-refractivity contribution in [3.05, 3.63) is 35.9 Å². The van der Waals surface area contributed by atoms with E-state index in [1.165, 1.54) is 0 Å². The molecule has 1 amide bonds. The molecule has 0 aromatic heterocycles. The zero-order valence-electron chi connectivity index (χ0n) is 11.3. The van der Waals surface area contributed by atoms with E-state index in [4.69, 9.17) is 10.5 Å². The van der Waals surface area contributed by atoms with Gasteiger partial charge >= 0.3 is 0 Å². The Morgan fingerprint density at radius 3 is 2.84 bits per heavy atom. The van der Waals surface area contributed by atoms with E-state index in [0.717, 1.165) is 31.4 Å². The molecule has 0 bridgehead atoms. The number of ether oxygens (including phenoxy) is 1. The average molecular weight is 262 g/mol. The summed E-state index contributed by atoms with van der Waals surface area (Å²) in [5.74, 6) is 0. The molecular formula is C15H22N2O2. The van der Waals surface area contributed by atoms with E-state index >= 15 is 0 Å². The van der Waals surface area contributed by atoms with Crippen molar-refractivity contribution >= 4 is 6.41 Å². The van der Waals surface area contributed by atoms with Crippen LogP contribution in [0.15, 0.2) is 30.3 Å². The van der Waals surface area contributed by atoms with Crippen molar-refractivity contribution in [1.29, 1.82) is 0 Å². The number of nitrogens with two attached hydrogens (primary N) is 1. The van der Waals surface area contributed by atoms with Crippen molar-refractivity contribution in [2.45, 2.75) is 19.4 Å². The lowest BCUT2D eigenvalue weighted by Gasteiger charge is -2.40. The standard InChI is InChI=1S/C15H22N2O2/c16-10-15(7-4-8-17(11-15)13-18)12-19-9-14-5-2-1-3-6-14/h1-3,5-6,13H,4,7-12,16H2. The fourth-order valence-corrected chi connectivity index (χ4v) is 2.64. The Labute approximate surface area is 114 Å². The Hall–Kier alpha value is -1.39. The van der Waals surface area contributed by atoms with Crippen molar-refractivity contribution in [3.63, 3.8) is 0 Å². The highest BCUT2D eigenvalue weighted by molar-refractivity contribution is 5.47. The van der Waals surface area contributed by atoms with Gasteiger partial charge in [0.25, 0.3) is 0 Å². The molecule has 0 radical (unpaired) electrons. The molecule has 1 aliphatic heterocycles. The number of benzene rings is 1. The molecule has 19 heavy (non-hydrogen) atoms. The molecule has 1 aliphatic rings. The van der Waals surface area contributed by atoms with Gasteiger partial charge in [0.15, 0.2) is 0 Å². The number of nitrogens with zero attached hydrogens (tertiary/aromatic N) is 1. The van der Waals surface area contributed by atoms with Crippen LogP contribution in [0.1, 0.15) is 18.4 Å². The molecule has 0 spiro atoms. The predicted molar refractivity (Wildman–Crippen MR) is 74.5 cm³/mol. The number of likely N-dealkylation sites (tertiary alicyclic amines) is 1. The highest BCUT2D eigenvalue weighted by Gasteiger charge is 2.34. The smallest absolute Gasteiger partial charge is 0.209 e. The van der Waals surface area contributed by atoms with Gasteiger partial charge in [0.2, 0.25) is 6.41 Å². The number of carbonyl (C=O) groups excluding carboxylic acids is 1. The molecule has 0 aliphatic carbocycles. The number of hydrogen-bond acceptors (Lipinski definition) is 3. The van der Waals surface area contributed by atoms with Gasteiger partial charge in [-0.2, -0.15) is 0 Å². The highest BCUT2D eigenvalue weighted by atomic mass is 16.5. The zero-order valence-corrected chi connectivity index (χ0v) is 11.3. The van der Waals surface area contributed by atoms with E-state index in [1.807, 2.05) is 35.2 Å². The molecule has 1 fully saturated rings. The molecule has 1 heterocycles. The molecule has 2 rings (SSSR count). The summed E-state index contributed by atoms with van der Waals surface area (Å²) < 4.78 is 5.82. The molecule has 1 atom stereocenters. The normalized spacial score (nSPS) is 23.3. The van der Waals surface area contributed by atoms with Crippen molar-refractivity contribution < 1.29 is 9.53 Å². The minimum Gasteiger partial charge on any atom is -0.376 e. The Balaban J connectivity index is 1.86. The third kappa shape index (κ3) is 3.78.